The van der Waals surface area contributed by atoms with Gasteiger partial charge in [0.15, 0.2) is 0 Å². The maximum atomic E-state index is 6.86. The van der Waals surface area contributed by atoms with E-state index in [4.69, 9.17) is 9.31 Å². The molecule has 0 aliphatic carbocycles. The van der Waals surface area contributed by atoms with Crippen LogP contribution in [0.4, 0.5) is 0 Å². The van der Waals surface area contributed by atoms with E-state index in [-0.39, 0.29) is 18.3 Å². The molecule has 0 spiro atoms. The van der Waals surface area contributed by atoms with E-state index in [0.29, 0.717) is 0 Å². The van der Waals surface area contributed by atoms with Crippen molar-refractivity contribution in [3.05, 3.63) is 77.3 Å². The SMILES string of the molecule is CCC[CH2][Sn]([CH2]CCC)([CH2]CCC)[CH2]C(B1OC(C)(C)C(C)(C)O1)=C(c1ccccc1)c1ccccc1. The van der Waals surface area contributed by atoms with Gasteiger partial charge >= 0.3 is 234 Å². The maximum absolute atomic E-state index is 6.86. The Bertz CT molecular complexity index is 905. The summed E-state index contributed by atoms with van der Waals surface area (Å²) in [5.74, 6) is 0. The topological polar surface area (TPSA) is 18.5 Å². The fourth-order valence-electron chi connectivity index (χ4n) is 5.72. The number of hydrogen-bond donors (Lipinski definition) is 0. The molecule has 3 rings (SSSR count). The third-order valence-corrected chi connectivity index (χ3v) is 24.1. The van der Waals surface area contributed by atoms with Crippen LogP contribution in [0, 0.1) is 0 Å². The Kier molecular flexibility index (Phi) is 11.4. The molecule has 2 aromatic rings. The molecule has 202 valence electrons. The zero-order valence-corrected chi connectivity index (χ0v) is 27.6. The number of unbranched alkanes of at least 4 members (excludes halogenated alkanes) is 3. The predicted molar refractivity (Wildman–Crippen MR) is 165 cm³/mol. The Morgan fingerprint density at radius 2 is 1.03 bits per heavy atom. The first-order valence-electron chi connectivity index (χ1n) is 14.9. The van der Waals surface area contributed by atoms with E-state index in [1.165, 1.54) is 78.4 Å². The molecular weight excluding hydrogens is 558 g/mol. The van der Waals surface area contributed by atoms with E-state index in [2.05, 4.69) is 109 Å². The summed E-state index contributed by atoms with van der Waals surface area (Å²) >= 11 is -2.59. The van der Waals surface area contributed by atoms with Crippen LogP contribution in [0.25, 0.3) is 5.57 Å². The van der Waals surface area contributed by atoms with Crippen LogP contribution in [0.3, 0.4) is 0 Å². The van der Waals surface area contributed by atoms with Crippen molar-refractivity contribution in [2.45, 2.75) is 116 Å². The van der Waals surface area contributed by atoms with E-state index < -0.39 is 18.4 Å². The Morgan fingerprint density at radius 1 is 0.649 bits per heavy atom. The molecule has 0 bridgehead atoms. The molecule has 0 atom stereocenters. The molecule has 0 N–H and O–H groups in total. The Balaban J connectivity index is 2.26. The summed E-state index contributed by atoms with van der Waals surface area (Å²) < 4.78 is 19.4. The molecule has 0 aromatic heterocycles. The summed E-state index contributed by atoms with van der Waals surface area (Å²) in [6.07, 6.45) is 7.97. The van der Waals surface area contributed by atoms with Crippen LogP contribution in [0.5, 0.6) is 0 Å². The number of allylic oxidation sites excluding steroid dienone is 1. The molecule has 0 saturated carbocycles. The van der Waals surface area contributed by atoms with Gasteiger partial charge in [-0.25, -0.2) is 0 Å². The molecule has 2 aromatic carbocycles. The minimum atomic E-state index is -2.59. The number of rotatable bonds is 14. The number of benzene rings is 2. The van der Waals surface area contributed by atoms with Crippen LogP contribution in [-0.2, 0) is 9.31 Å². The molecule has 37 heavy (non-hydrogen) atoms. The second-order valence-corrected chi connectivity index (χ2v) is 26.1. The van der Waals surface area contributed by atoms with Crippen molar-refractivity contribution in [3.63, 3.8) is 0 Å². The van der Waals surface area contributed by atoms with Gasteiger partial charge in [0, 0.05) is 0 Å². The molecule has 1 aliphatic rings. The van der Waals surface area contributed by atoms with Gasteiger partial charge in [-0.05, 0) is 0 Å². The standard InChI is InChI=1S/C21H24BO2.3C4H9.Sn/c1-16(22-23-20(2,3)21(4,5)24-22)19(17-12-8-6-9-13-17)18-14-10-7-11-15-18;3*1-3-4-2;/h6-15H,1H2,2-5H3;3*1,3-4H2,2H3;. The van der Waals surface area contributed by atoms with E-state index in [1.807, 2.05) is 0 Å². The third kappa shape index (κ3) is 7.76. The second kappa shape index (κ2) is 13.8. The fraction of sp³-hybridized carbons (Fsp3) is 0.576. The van der Waals surface area contributed by atoms with Gasteiger partial charge in [0.2, 0.25) is 0 Å². The average molecular weight is 609 g/mol. The van der Waals surface area contributed by atoms with E-state index in [0.717, 1.165) is 0 Å². The van der Waals surface area contributed by atoms with Gasteiger partial charge in [0.25, 0.3) is 0 Å². The first kappa shape index (κ1) is 30.5. The Hall–Kier alpha value is -1.04. The van der Waals surface area contributed by atoms with Crippen LogP contribution in [0.1, 0.15) is 98.1 Å². The molecular formula is C33H51BO2Sn. The van der Waals surface area contributed by atoms with Crippen LogP contribution in [0.2, 0.25) is 17.7 Å². The van der Waals surface area contributed by atoms with Crippen LogP contribution >= 0.6 is 0 Å². The van der Waals surface area contributed by atoms with Crippen molar-refractivity contribution in [2.24, 2.45) is 0 Å². The molecule has 1 fully saturated rings. The summed E-state index contributed by atoms with van der Waals surface area (Å²) in [4.78, 5) is 0. The van der Waals surface area contributed by atoms with Gasteiger partial charge in [0.05, 0.1) is 0 Å². The van der Waals surface area contributed by atoms with Crippen molar-refractivity contribution in [3.8, 4) is 0 Å². The monoisotopic (exact) mass is 610 g/mol. The molecule has 4 heteroatoms. The molecule has 0 unspecified atom stereocenters. The summed E-state index contributed by atoms with van der Waals surface area (Å²) in [6, 6.07) is 22.0. The van der Waals surface area contributed by atoms with E-state index >= 15 is 0 Å². The quantitative estimate of drug-likeness (QED) is 0.199. The van der Waals surface area contributed by atoms with Gasteiger partial charge in [-0.1, -0.05) is 0 Å². The summed E-state index contributed by atoms with van der Waals surface area (Å²) in [7, 11) is -0.304. The van der Waals surface area contributed by atoms with Crippen molar-refractivity contribution < 1.29 is 9.31 Å². The molecule has 1 saturated heterocycles. The van der Waals surface area contributed by atoms with Gasteiger partial charge in [0.1, 0.15) is 0 Å². The predicted octanol–water partition coefficient (Wildman–Crippen LogP) is 9.97. The zero-order valence-electron chi connectivity index (χ0n) is 24.7. The average Bonchev–Trinajstić information content (AvgIpc) is 3.12. The normalized spacial score (nSPS) is 16.7. The Labute approximate surface area is 232 Å². The summed E-state index contributed by atoms with van der Waals surface area (Å²) in [6.45, 7) is 15.9. The molecule has 1 heterocycles. The molecule has 1 aliphatic heterocycles. The van der Waals surface area contributed by atoms with E-state index in [1.54, 1.807) is 0 Å². The van der Waals surface area contributed by atoms with Crippen LogP contribution < -0.4 is 0 Å². The molecule has 0 amide bonds. The van der Waals surface area contributed by atoms with Gasteiger partial charge in [-0.2, -0.15) is 0 Å². The first-order valence-corrected chi connectivity index (χ1v) is 23.0. The summed E-state index contributed by atoms with van der Waals surface area (Å²) in [5, 5.41) is 0. The first-order chi connectivity index (χ1) is 17.7. The third-order valence-electron chi connectivity index (χ3n) is 8.73. The summed E-state index contributed by atoms with van der Waals surface area (Å²) in [5.41, 5.74) is 4.60. The fourth-order valence-corrected chi connectivity index (χ4v) is 22.1. The van der Waals surface area contributed by atoms with Crippen molar-refractivity contribution >= 4 is 31.1 Å². The molecule has 2 nitrogen and oxygen atoms in total. The zero-order chi connectivity index (χ0) is 26.9. The van der Waals surface area contributed by atoms with Crippen molar-refractivity contribution in [2.75, 3.05) is 0 Å². The van der Waals surface area contributed by atoms with Crippen LogP contribution in [-0.4, -0.2) is 36.7 Å². The minimum absolute atomic E-state index is 0.304. The van der Waals surface area contributed by atoms with Gasteiger partial charge < -0.3 is 0 Å². The van der Waals surface area contributed by atoms with Crippen LogP contribution in [0.15, 0.2) is 66.1 Å². The second-order valence-electron chi connectivity index (χ2n) is 12.2. The van der Waals surface area contributed by atoms with Gasteiger partial charge in [-0.3, -0.25) is 0 Å². The number of hydrogen-bond acceptors (Lipinski definition) is 2. The van der Waals surface area contributed by atoms with E-state index in [9.17, 15) is 0 Å². The van der Waals surface area contributed by atoms with Crippen molar-refractivity contribution in [1.82, 2.24) is 0 Å². The molecule has 0 radical (unpaired) electrons. The van der Waals surface area contributed by atoms with Crippen molar-refractivity contribution in [1.29, 1.82) is 0 Å². The van der Waals surface area contributed by atoms with Gasteiger partial charge in [-0.15, -0.1) is 0 Å². The Morgan fingerprint density at radius 3 is 1.38 bits per heavy atom.